The molecule has 7 amide bonds. The molecule has 2 aromatic rings. The molecule has 0 unspecified atom stereocenters. The van der Waals surface area contributed by atoms with Gasteiger partial charge in [0.15, 0.2) is 11.7 Å². The van der Waals surface area contributed by atoms with Crippen LogP contribution in [0.1, 0.15) is 83.3 Å². The summed E-state index contributed by atoms with van der Waals surface area (Å²) in [6.45, 7) is 5.80. The first-order valence-corrected chi connectivity index (χ1v) is 26.4. The summed E-state index contributed by atoms with van der Waals surface area (Å²) in [5, 5.41) is 14.2. The maximum absolute atomic E-state index is 14.6. The predicted molar refractivity (Wildman–Crippen MR) is 271 cm³/mol. The fourth-order valence-electron chi connectivity index (χ4n) is 8.21. The molecular formula is C48H67ClN10O9S2. The van der Waals surface area contributed by atoms with E-state index >= 15 is 0 Å². The number of carbonyl (C=O) groups is 9. The number of rotatable bonds is 16. The summed E-state index contributed by atoms with van der Waals surface area (Å²) in [5.74, 6) is -7.71. The van der Waals surface area contributed by atoms with Gasteiger partial charge in [0.25, 0.3) is 0 Å². The number of carbonyl (C=O) groups excluding carboxylic acids is 9. The van der Waals surface area contributed by atoms with Gasteiger partial charge in [0, 0.05) is 67.8 Å². The van der Waals surface area contributed by atoms with E-state index in [1.807, 2.05) is 0 Å². The quantitative estimate of drug-likeness (QED) is 0.0515. The number of benzene rings is 2. The molecule has 2 fully saturated rings. The Hall–Kier alpha value is -5.67. The highest BCUT2D eigenvalue weighted by molar-refractivity contribution is 8.76. The van der Waals surface area contributed by atoms with Gasteiger partial charge in [-0.2, -0.15) is 0 Å². The molecule has 2 aliphatic heterocycles. The van der Waals surface area contributed by atoms with Gasteiger partial charge >= 0.3 is 0 Å². The second kappa shape index (κ2) is 28.9. The molecule has 0 bridgehead atoms. The summed E-state index contributed by atoms with van der Waals surface area (Å²) in [4.78, 5) is 130. The molecule has 0 aromatic heterocycles. The number of likely N-dealkylation sites (tertiary alicyclic amines) is 1. The van der Waals surface area contributed by atoms with Gasteiger partial charge in [0.2, 0.25) is 41.4 Å². The number of guanidine groups is 1. The smallest absolute Gasteiger partial charge is 0.243 e. The number of nitrogens with two attached hydrogens (primary N) is 3. The van der Waals surface area contributed by atoms with E-state index in [1.54, 1.807) is 75.4 Å². The Morgan fingerprint density at radius 2 is 1.54 bits per heavy atom. The molecule has 2 aliphatic rings. The van der Waals surface area contributed by atoms with Crippen LogP contribution in [0.25, 0.3) is 0 Å². The van der Waals surface area contributed by atoms with Gasteiger partial charge in [0.05, 0.1) is 18.4 Å². The van der Waals surface area contributed by atoms with Crippen molar-refractivity contribution in [1.82, 2.24) is 31.5 Å². The van der Waals surface area contributed by atoms with Crippen molar-refractivity contribution in [2.24, 2.45) is 39.9 Å². The highest BCUT2D eigenvalue weighted by Gasteiger charge is 2.41. The van der Waals surface area contributed by atoms with E-state index in [0.717, 1.165) is 5.56 Å². The number of amides is 7. The molecule has 0 radical (unpaired) electrons. The van der Waals surface area contributed by atoms with Gasteiger partial charge in [0.1, 0.15) is 30.0 Å². The van der Waals surface area contributed by atoms with Crippen molar-refractivity contribution in [3.8, 4) is 0 Å². The van der Waals surface area contributed by atoms with E-state index in [9.17, 15) is 43.2 Å². The number of nitrogens with one attached hydrogen (secondary N) is 5. The number of hydrogen-bond donors (Lipinski definition) is 8. The first-order chi connectivity index (χ1) is 33.4. The van der Waals surface area contributed by atoms with Crippen molar-refractivity contribution >= 4 is 92.1 Å². The van der Waals surface area contributed by atoms with Crippen LogP contribution in [0, 0.1) is 17.8 Å². The number of hydrogen-bond acceptors (Lipinski definition) is 12. The second-order valence-electron chi connectivity index (χ2n) is 17.8. The summed E-state index contributed by atoms with van der Waals surface area (Å²) >= 11 is 6.15. The molecule has 4 rings (SSSR count). The third-order valence-electron chi connectivity index (χ3n) is 11.9. The van der Waals surface area contributed by atoms with E-state index in [0.29, 0.717) is 30.0 Å². The maximum Gasteiger partial charge on any atom is 0.243 e. The normalized spacial score (nSPS) is 22.8. The average molecular weight is 1030 g/mol. The van der Waals surface area contributed by atoms with Crippen LogP contribution in [0.3, 0.4) is 0 Å². The number of primary amides is 1. The van der Waals surface area contributed by atoms with Crippen LogP contribution in [0.2, 0.25) is 5.02 Å². The first kappa shape index (κ1) is 56.9. The first-order valence-electron chi connectivity index (χ1n) is 23.6. The zero-order chi connectivity index (χ0) is 51.3. The molecule has 0 aliphatic carbocycles. The minimum atomic E-state index is -1.50. The predicted octanol–water partition coefficient (Wildman–Crippen LogP) is 1.71. The molecule has 22 heteroatoms. The van der Waals surface area contributed by atoms with Gasteiger partial charge in [-0.1, -0.05) is 89.5 Å². The van der Waals surface area contributed by atoms with Crippen LogP contribution < -0.4 is 43.8 Å². The number of halogens is 1. The molecule has 7 atom stereocenters. The molecule has 19 nitrogen and oxygen atoms in total. The van der Waals surface area contributed by atoms with Crippen molar-refractivity contribution in [3.05, 3.63) is 70.7 Å². The lowest BCUT2D eigenvalue weighted by Gasteiger charge is -2.30. The Morgan fingerprint density at radius 1 is 0.857 bits per heavy atom. The fourth-order valence-corrected chi connectivity index (χ4v) is 10.7. The van der Waals surface area contributed by atoms with Crippen LogP contribution in [0.4, 0.5) is 0 Å². The second-order valence-corrected chi connectivity index (χ2v) is 20.9. The number of nitrogens with zero attached hydrogens (tertiary/aromatic N) is 2. The van der Waals surface area contributed by atoms with E-state index in [-0.39, 0.29) is 74.9 Å². The van der Waals surface area contributed by atoms with Gasteiger partial charge in [-0.05, 0) is 68.2 Å². The summed E-state index contributed by atoms with van der Waals surface area (Å²) in [6.07, 6.45) is 0.349. The SMILES string of the molecule is CCNC(=O)[C@@H](CCCN=C(N)N)NC(=O)[C@@H]1CCCN1C(=O)[C@@H]1CSSCCC(=O)C[C@@H](Cc2ccc(Cl)cc2)C(=O)N[C@@H](Cc2ccccc2)C(=O)N[C@@H](C(C)C)C(=O)N[C@@H](CC(N)=O)C(=O)C1. The van der Waals surface area contributed by atoms with E-state index in [2.05, 4.69) is 31.6 Å². The zero-order valence-electron chi connectivity index (χ0n) is 39.9. The largest absolute Gasteiger partial charge is 0.370 e. The minimum Gasteiger partial charge on any atom is -0.370 e. The summed E-state index contributed by atoms with van der Waals surface area (Å²) in [7, 11) is 2.52. The number of likely N-dealkylation sites (N-methyl/N-ethyl adjacent to an activating group) is 1. The number of Topliss-reactive ketones (excluding diaryl/α,β-unsaturated/α-hetero) is 2. The van der Waals surface area contributed by atoms with Crippen molar-refractivity contribution in [3.63, 3.8) is 0 Å². The monoisotopic (exact) mass is 1030 g/mol. The Kier molecular flexibility index (Phi) is 23.5. The van der Waals surface area contributed by atoms with Crippen LogP contribution >= 0.6 is 33.2 Å². The third-order valence-corrected chi connectivity index (χ3v) is 14.6. The summed E-state index contributed by atoms with van der Waals surface area (Å²) < 4.78 is 0. The van der Waals surface area contributed by atoms with Crippen LogP contribution in [0.15, 0.2) is 59.6 Å². The lowest BCUT2D eigenvalue weighted by Crippen LogP contribution is -2.58. The highest BCUT2D eigenvalue weighted by Crippen LogP contribution is 2.30. The molecule has 0 spiro atoms. The van der Waals surface area contributed by atoms with Crippen LogP contribution in [-0.4, -0.2) is 125 Å². The Morgan fingerprint density at radius 3 is 2.20 bits per heavy atom. The molecule has 70 heavy (non-hydrogen) atoms. The van der Waals surface area contributed by atoms with Crippen molar-refractivity contribution < 1.29 is 43.2 Å². The minimum absolute atomic E-state index is 0.0346. The maximum atomic E-state index is 14.6. The molecule has 11 N–H and O–H groups in total. The van der Waals surface area contributed by atoms with Crippen molar-refractivity contribution in [2.45, 2.75) is 115 Å². The van der Waals surface area contributed by atoms with Gasteiger partial charge in [-0.15, -0.1) is 0 Å². The molecule has 382 valence electrons. The standard InChI is InChI=1S/C48H67ClN10O9S2/c1-4-53-43(64)35(12-8-19-54-48(51)52)55-45(66)38-13-9-20-59(38)47(68)32-25-39(61)36(26-40(50)62)56-46(67)41(28(2)3)58-44(65)37(23-29-10-6-5-7-11-29)57-42(63)31(22-30-14-16-33(49)17-15-30)24-34(60)18-21-69-70-27-32/h5-7,10-11,14-17,28,31-32,35-38,41H,4,8-9,12-13,18-27H2,1-3H3,(H2,50,62)(H,53,64)(H,55,66)(H,56,67)(H,57,63)(H,58,65)(H4,51,52,54)/t31-,32+,35-,36+,37+,38+,41+/m1/s1. The van der Waals surface area contributed by atoms with Crippen molar-refractivity contribution in [1.29, 1.82) is 0 Å². The summed E-state index contributed by atoms with van der Waals surface area (Å²) in [6, 6.07) is 9.93. The number of aliphatic imine (C=N–C) groups is 1. The topological polar surface area (TPSA) is 307 Å². The Balaban J connectivity index is 1.66. The third kappa shape index (κ3) is 18.6. The van der Waals surface area contributed by atoms with E-state index in [4.69, 9.17) is 28.8 Å². The van der Waals surface area contributed by atoms with Gasteiger partial charge in [-0.25, -0.2) is 0 Å². The highest BCUT2D eigenvalue weighted by atomic mass is 35.5. The fraction of sp³-hybridized carbons (Fsp3) is 0.542. The zero-order valence-corrected chi connectivity index (χ0v) is 42.3. The van der Waals surface area contributed by atoms with Gasteiger partial charge < -0.3 is 48.7 Å². The molecule has 0 saturated carbocycles. The molecule has 2 saturated heterocycles. The molecular weight excluding hydrogens is 960 g/mol. The van der Waals surface area contributed by atoms with Crippen molar-refractivity contribution in [2.75, 3.05) is 31.1 Å². The number of ketones is 2. The lowest BCUT2D eigenvalue weighted by molar-refractivity contribution is -0.143. The average Bonchev–Trinajstić information content (AvgIpc) is 3.81. The Labute approximate surface area is 421 Å². The van der Waals surface area contributed by atoms with E-state index < -0.39 is 108 Å². The molecule has 2 heterocycles. The van der Waals surface area contributed by atoms with Gasteiger partial charge in [-0.3, -0.25) is 48.1 Å². The Bertz CT molecular complexity index is 2180. The lowest BCUT2D eigenvalue weighted by atomic mass is 9.92. The van der Waals surface area contributed by atoms with E-state index in [1.165, 1.54) is 26.5 Å². The summed E-state index contributed by atoms with van der Waals surface area (Å²) in [5.41, 5.74) is 17.9. The van der Waals surface area contributed by atoms with Crippen LogP contribution in [-0.2, 0) is 56.0 Å². The van der Waals surface area contributed by atoms with Crippen LogP contribution in [0.5, 0.6) is 0 Å². The molecule has 2 aromatic carbocycles.